The zero-order valence-electron chi connectivity index (χ0n) is 9.49. The van der Waals surface area contributed by atoms with Gasteiger partial charge in [-0.2, -0.15) is 0 Å². The molecule has 0 amide bonds. The van der Waals surface area contributed by atoms with Crippen molar-refractivity contribution >= 4 is 5.69 Å². The van der Waals surface area contributed by atoms with E-state index < -0.39 is 0 Å². The van der Waals surface area contributed by atoms with Crippen LogP contribution in [0.15, 0.2) is 24.3 Å². The van der Waals surface area contributed by atoms with Gasteiger partial charge in [0, 0.05) is 6.04 Å². The zero-order valence-corrected chi connectivity index (χ0v) is 9.49. The lowest BCUT2D eigenvalue weighted by molar-refractivity contribution is 0.243. The van der Waals surface area contributed by atoms with E-state index in [9.17, 15) is 0 Å². The average Bonchev–Trinajstić information content (AvgIpc) is 2.13. The molecule has 0 aromatic heterocycles. The first-order valence-electron chi connectivity index (χ1n) is 5.78. The van der Waals surface area contributed by atoms with Gasteiger partial charge < -0.3 is 10.1 Å². The van der Waals surface area contributed by atoms with Gasteiger partial charge in [-0.15, -0.1) is 0 Å². The molecule has 82 valence electrons. The Hall–Kier alpha value is -1.18. The van der Waals surface area contributed by atoms with Crippen molar-refractivity contribution in [1.82, 2.24) is 0 Å². The van der Waals surface area contributed by atoms with Crippen molar-refractivity contribution in [3.63, 3.8) is 0 Å². The van der Waals surface area contributed by atoms with Gasteiger partial charge in [-0.25, -0.2) is 0 Å². The minimum absolute atomic E-state index is 0.231. The minimum atomic E-state index is 0.231. The fourth-order valence-electron chi connectivity index (χ4n) is 1.72. The smallest absolute Gasteiger partial charge is 0.142 e. The lowest BCUT2D eigenvalue weighted by Crippen LogP contribution is -2.27. The van der Waals surface area contributed by atoms with Crippen molar-refractivity contribution in [3.05, 3.63) is 24.3 Å². The average molecular weight is 205 g/mol. The fourth-order valence-corrected chi connectivity index (χ4v) is 1.72. The first-order chi connectivity index (χ1) is 7.25. The molecule has 1 fully saturated rings. The largest absolute Gasteiger partial charge is 0.489 e. The number of hydrogen-bond donors (Lipinski definition) is 1. The van der Waals surface area contributed by atoms with Crippen LogP contribution in [0.2, 0.25) is 0 Å². The Bertz CT molecular complexity index is 318. The topological polar surface area (TPSA) is 21.3 Å². The highest BCUT2D eigenvalue weighted by Crippen LogP contribution is 2.29. The Morgan fingerprint density at radius 3 is 2.60 bits per heavy atom. The van der Waals surface area contributed by atoms with Gasteiger partial charge >= 0.3 is 0 Å². The molecule has 0 unspecified atom stereocenters. The van der Waals surface area contributed by atoms with Gasteiger partial charge in [-0.3, -0.25) is 0 Å². The van der Waals surface area contributed by atoms with Gasteiger partial charge in [-0.1, -0.05) is 12.1 Å². The molecule has 1 N–H and O–H groups in total. The van der Waals surface area contributed by atoms with E-state index in [1.54, 1.807) is 0 Å². The quantitative estimate of drug-likeness (QED) is 0.813. The molecule has 15 heavy (non-hydrogen) atoms. The first-order valence-corrected chi connectivity index (χ1v) is 5.78. The predicted octanol–water partition coefficient (Wildman–Crippen LogP) is 3.44. The summed E-state index contributed by atoms with van der Waals surface area (Å²) in [5.41, 5.74) is 1.14. The number of hydrogen-bond acceptors (Lipinski definition) is 2. The Morgan fingerprint density at radius 1 is 1.27 bits per heavy atom. The van der Waals surface area contributed by atoms with E-state index in [1.807, 2.05) is 18.2 Å². The molecule has 0 bridgehead atoms. The van der Waals surface area contributed by atoms with E-state index in [4.69, 9.17) is 4.74 Å². The van der Waals surface area contributed by atoms with Crippen LogP contribution < -0.4 is 10.1 Å². The second-order valence-electron chi connectivity index (χ2n) is 4.43. The number of nitrogens with one attached hydrogen (secondary N) is 1. The van der Waals surface area contributed by atoms with E-state index in [0.29, 0.717) is 6.04 Å². The summed E-state index contributed by atoms with van der Waals surface area (Å²) in [7, 11) is 0. The second-order valence-corrected chi connectivity index (χ2v) is 4.43. The summed E-state index contributed by atoms with van der Waals surface area (Å²) in [5, 5.41) is 3.53. The molecule has 1 aromatic rings. The standard InChI is InChI=1S/C13H19NO/c1-10(2)15-13-9-4-3-8-12(13)14-11-6-5-7-11/h3-4,8-11,14H,5-7H2,1-2H3. The van der Waals surface area contributed by atoms with Crippen LogP contribution in [-0.4, -0.2) is 12.1 Å². The van der Waals surface area contributed by atoms with Crippen LogP contribution in [-0.2, 0) is 0 Å². The van der Waals surface area contributed by atoms with Gasteiger partial charge in [0.15, 0.2) is 0 Å². The van der Waals surface area contributed by atoms with Crippen LogP contribution in [0, 0.1) is 0 Å². The van der Waals surface area contributed by atoms with Crippen LogP contribution >= 0.6 is 0 Å². The van der Waals surface area contributed by atoms with Gasteiger partial charge in [0.1, 0.15) is 5.75 Å². The Balaban J connectivity index is 2.06. The minimum Gasteiger partial charge on any atom is -0.489 e. The molecule has 0 atom stereocenters. The Labute approximate surface area is 91.6 Å². The number of anilines is 1. The van der Waals surface area contributed by atoms with E-state index in [1.165, 1.54) is 19.3 Å². The van der Waals surface area contributed by atoms with Crippen LogP contribution in [0.3, 0.4) is 0 Å². The molecule has 0 heterocycles. The fraction of sp³-hybridized carbons (Fsp3) is 0.538. The van der Waals surface area contributed by atoms with E-state index in [2.05, 4.69) is 25.2 Å². The molecule has 2 rings (SSSR count). The molecule has 1 aliphatic rings. The predicted molar refractivity (Wildman–Crippen MR) is 63.5 cm³/mol. The molecule has 1 aliphatic carbocycles. The highest BCUT2D eigenvalue weighted by molar-refractivity contribution is 5.57. The van der Waals surface area contributed by atoms with E-state index >= 15 is 0 Å². The molecule has 0 saturated heterocycles. The van der Waals surface area contributed by atoms with Crippen molar-refractivity contribution < 1.29 is 4.74 Å². The monoisotopic (exact) mass is 205 g/mol. The molecule has 0 spiro atoms. The second kappa shape index (κ2) is 4.56. The maximum absolute atomic E-state index is 5.75. The van der Waals surface area contributed by atoms with Crippen molar-refractivity contribution in [2.75, 3.05) is 5.32 Å². The van der Waals surface area contributed by atoms with Crippen LogP contribution in [0.1, 0.15) is 33.1 Å². The van der Waals surface area contributed by atoms with Gasteiger partial charge in [0.25, 0.3) is 0 Å². The summed E-state index contributed by atoms with van der Waals surface area (Å²) >= 11 is 0. The van der Waals surface area contributed by atoms with E-state index in [-0.39, 0.29) is 6.10 Å². The lowest BCUT2D eigenvalue weighted by Gasteiger charge is -2.28. The van der Waals surface area contributed by atoms with Crippen molar-refractivity contribution in [1.29, 1.82) is 0 Å². The maximum Gasteiger partial charge on any atom is 0.142 e. The van der Waals surface area contributed by atoms with Crippen molar-refractivity contribution in [3.8, 4) is 5.75 Å². The van der Waals surface area contributed by atoms with Crippen LogP contribution in [0.25, 0.3) is 0 Å². The third-order valence-corrected chi connectivity index (χ3v) is 2.71. The maximum atomic E-state index is 5.75. The summed E-state index contributed by atoms with van der Waals surface area (Å²) in [6.45, 7) is 4.11. The number of para-hydroxylation sites is 2. The van der Waals surface area contributed by atoms with Crippen molar-refractivity contribution in [2.45, 2.75) is 45.3 Å². The highest BCUT2D eigenvalue weighted by Gasteiger charge is 2.18. The molecular weight excluding hydrogens is 186 g/mol. The summed E-state index contributed by atoms with van der Waals surface area (Å²) < 4.78 is 5.75. The summed E-state index contributed by atoms with van der Waals surface area (Å²) in [6, 6.07) is 8.84. The summed E-state index contributed by atoms with van der Waals surface area (Å²) in [5.74, 6) is 0.972. The normalized spacial score (nSPS) is 16.2. The van der Waals surface area contributed by atoms with Gasteiger partial charge in [0.05, 0.1) is 11.8 Å². The zero-order chi connectivity index (χ0) is 10.7. The Kier molecular flexibility index (Phi) is 3.14. The summed E-state index contributed by atoms with van der Waals surface area (Å²) in [4.78, 5) is 0. The third-order valence-electron chi connectivity index (χ3n) is 2.71. The highest BCUT2D eigenvalue weighted by atomic mass is 16.5. The van der Waals surface area contributed by atoms with E-state index in [0.717, 1.165) is 11.4 Å². The first kappa shape index (κ1) is 10.3. The number of benzene rings is 1. The molecule has 2 nitrogen and oxygen atoms in total. The summed E-state index contributed by atoms with van der Waals surface area (Å²) in [6.07, 6.45) is 4.16. The lowest BCUT2D eigenvalue weighted by atomic mass is 9.93. The molecule has 1 saturated carbocycles. The molecule has 0 aliphatic heterocycles. The van der Waals surface area contributed by atoms with Gasteiger partial charge in [0.2, 0.25) is 0 Å². The molecule has 0 radical (unpaired) electrons. The number of rotatable bonds is 4. The molecule has 1 aromatic carbocycles. The van der Waals surface area contributed by atoms with Crippen LogP contribution in [0.4, 0.5) is 5.69 Å². The van der Waals surface area contributed by atoms with Crippen LogP contribution in [0.5, 0.6) is 5.75 Å². The third kappa shape index (κ3) is 2.65. The Morgan fingerprint density at radius 2 is 2.00 bits per heavy atom. The van der Waals surface area contributed by atoms with Crippen molar-refractivity contribution in [2.24, 2.45) is 0 Å². The SMILES string of the molecule is CC(C)Oc1ccccc1NC1CCC1. The number of ether oxygens (including phenoxy) is 1. The van der Waals surface area contributed by atoms with Gasteiger partial charge in [-0.05, 0) is 45.2 Å². The molecular formula is C13H19NO. The molecule has 2 heteroatoms.